The second-order valence-electron chi connectivity index (χ2n) is 8.75. The lowest BCUT2D eigenvalue weighted by Gasteiger charge is -2.34. The fraction of sp³-hybridized carbons (Fsp3) is 0.435. The van der Waals surface area contributed by atoms with Crippen LogP contribution in [0.25, 0.3) is 0 Å². The van der Waals surface area contributed by atoms with Gasteiger partial charge in [0.1, 0.15) is 11.6 Å². The second kappa shape index (κ2) is 8.31. The number of carbonyl (C=O) groups is 1. The average Bonchev–Trinajstić information content (AvgIpc) is 2.72. The van der Waals surface area contributed by atoms with Gasteiger partial charge in [-0.1, -0.05) is 19.9 Å². The normalized spacial score (nSPS) is 22.3. The van der Waals surface area contributed by atoms with E-state index in [-0.39, 0.29) is 34.5 Å². The number of anilines is 1. The fourth-order valence-electron chi connectivity index (χ4n) is 4.75. The molecule has 2 atom stereocenters. The van der Waals surface area contributed by atoms with Crippen molar-refractivity contribution in [1.82, 2.24) is 4.31 Å². The number of amides is 1. The van der Waals surface area contributed by atoms with Crippen molar-refractivity contribution in [3.05, 3.63) is 59.2 Å². The molecular formula is C23H26F2N2O3S. The van der Waals surface area contributed by atoms with E-state index < -0.39 is 27.6 Å². The molecule has 0 N–H and O–H groups in total. The van der Waals surface area contributed by atoms with Gasteiger partial charge >= 0.3 is 0 Å². The third kappa shape index (κ3) is 4.23. The minimum absolute atomic E-state index is 0.0523. The predicted molar refractivity (Wildman–Crippen MR) is 115 cm³/mol. The molecule has 2 heterocycles. The summed E-state index contributed by atoms with van der Waals surface area (Å²) in [7, 11) is -3.75. The Kier molecular flexibility index (Phi) is 5.87. The van der Waals surface area contributed by atoms with E-state index >= 15 is 0 Å². The first-order valence-electron chi connectivity index (χ1n) is 10.6. The number of rotatable bonds is 3. The first-order valence-corrected chi connectivity index (χ1v) is 12.0. The quantitative estimate of drug-likeness (QED) is 0.706. The summed E-state index contributed by atoms with van der Waals surface area (Å²) in [6.45, 7) is 5.24. The second-order valence-corrected chi connectivity index (χ2v) is 10.7. The molecule has 4 rings (SSSR count). The summed E-state index contributed by atoms with van der Waals surface area (Å²) in [5.41, 5.74) is 0.678. The van der Waals surface area contributed by atoms with Crippen molar-refractivity contribution in [1.29, 1.82) is 0 Å². The molecule has 0 unspecified atom stereocenters. The Balaban J connectivity index is 1.66. The van der Waals surface area contributed by atoms with Crippen LogP contribution in [0.15, 0.2) is 41.3 Å². The van der Waals surface area contributed by atoms with Crippen LogP contribution in [0.5, 0.6) is 0 Å². The number of aryl methyl sites for hydroxylation is 1. The van der Waals surface area contributed by atoms with Crippen molar-refractivity contribution in [2.24, 2.45) is 11.8 Å². The van der Waals surface area contributed by atoms with Gasteiger partial charge in [0.15, 0.2) is 0 Å². The molecule has 1 amide bonds. The summed E-state index contributed by atoms with van der Waals surface area (Å²) in [6, 6.07) is 7.91. The van der Waals surface area contributed by atoms with Gasteiger partial charge in [-0.2, -0.15) is 4.31 Å². The number of halogens is 2. The molecule has 8 heteroatoms. The monoisotopic (exact) mass is 448 g/mol. The zero-order valence-corrected chi connectivity index (χ0v) is 18.5. The van der Waals surface area contributed by atoms with Crippen LogP contribution in [-0.4, -0.2) is 38.3 Å². The maximum atomic E-state index is 14.5. The van der Waals surface area contributed by atoms with Crippen molar-refractivity contribution >= 4 is 21.6 Å². The van der Waals surface area contributed by atoms with Crippen molar-refractivity contribution in [3.8, 4) is 0 Å². The van der Waals surface area contributed by atoms with Gasteiger partial charge in [0.2, 0.25) is 10.0 Å². The third-order valence-corrected chi connectivity index (χ3v) is 7.83. The zero-order valence-electron chi connectivity index (χ0n) is 17.6. The lowest BCUT2D eigenvalue weighted by molar-refractivity contribution is 0.0984. The topological polar surface area (TPSA) is 57.7 Å². The Hall–Kier alpha value is -2.32. The molecule has 0 aliphatic carbocycles. The Morgan fingerprint density at radius 1 is 1.06 bits per heavy atom. The summed E-state index contributed by atoms with van der Waals surface area (Å²) in [6.07, 6.45) is 2.03. The lowest BCUT2D eigenvalue weighted by Crippen LogP contribution is -2.42. The van der Waals surface area contributed by atoms with E-state index in [1.165, 1.54) is 39.5 Å². The number of fused-ring (bicyclic) bond motifs is 1. The first-order chi connectivity index (χ1) is 14.7. The van der Waals surface area contributed by atoms with Crippen LogP contribution in [0.2, 0.25) is 0 Å². The van der Waals surface area contributed by atoms with Gasteiger partial charge in [-0.15, -0.1) is 0 Å². The third-order valence-electron chi connectivity index (χ3n) is 6.00. The SMILES string of the molecule is C[C@@H]1C[C@@H](C)CN(S(=O)(=O)c2cccc(C(=O)N3CCCc4cc(F)cc(F)c43)c2)C1. The minimum Gasteiger partial charge on any atom is -0.305 e. The highest BCUT2D eigenvalue weighted by Crippen LogP contribution is 2.33. The van der Waals surface area contributed by atoms with Crippen LogP contribution in [-0.2, 0) is 16.4 Å². The Morgan fingerprint density at radius 2 is 1.77 bits per heavy atom. The Labute approximate surface area is 181 Å². The molecule has 2 aliphatic rings. The number of sulfonamides is 1. The van der Waals surface area contributed by atoms with Crippen LogP contribution in [0.1, 0.15) is 42.6 Å². The Bertz CT molecular complexity index is 1110. The van der Waals surface area contributed by atoms with Crippen LogP contribution in [0.3, 0.4) is 0 Å². The van der Waals surface area contributed by atoms with Gasteiger partial charge in [-0.05, 0) is 60.9 Å². The molecule has 2 aromatic rings. The molecule has 31 heavy (non-hydrogen) atoms. The van der Waals surface area contributed by atoms with E-state index in [0.29, 0.717) is 31.5 Å². The van der Waals surface area contributed by atoms with Crippen molar-refractivity contribution in [3.63, 3.8) is 0 Å². The van der Waals surface area contributed by atoms with Crippen molar-refractivity contribution in [2.75, 3.05) is 24.5 Å². The van der Waals surface area contributed by atoms with E-state index in [9.17, 15) is 22.0 Å². The van der Waals surface area contributed by atoms with E-state index in [1.54, 1.807) is 0 Å². The number of nitrogens with zero attached hydrogens (tertiary/aromatic N) is 2. The van der Waals surface area contributed by atoms with Gasteiger partial charge in [0, 0.05) is 31.3 Å². The average molecular weight is 449 g/mol. The van der Waals surface area contributed by atoms with Gasteiger partial charge in [0.05, 0.1) is 10.6 Å². The maximum Gasteiger partial charge on any atom is 0.258 e. The number of benzene rings is 2. The largest absolute Gasteiger partial charge is 0.305 e. The molecule has 2 aliphatic heterocycles. The van der Waals surface area contributed by atoms with Crippen LogP contribution in [0.4, 0.5) is 14.5 Å². The lowest BCUT2D eigenvalue weighted by atomic mass is 9.94. The van der Waals surface area contributed by atoms with Crippen LogP contribution in [0, 0.1) is 23.5 Å². The first kappa shape index (κ1) is 21.9. The van der Waals surface area contributed by atoms with Crippen LogP contribution < -0.4 is 4.90 Å². The number of hydrogen-bond donors (Lipinski definition) is 0. The molecule has 1 fully saturated rings. The van der Waals surface area contributed by atoms with E-state index in [4.69, 9.17) is 0 Å². The number of hydrogen-bond acceptors (Lipinski definition) is 3. The summed E-state index contributed by atoms with van der Waals surface area (Å²) < 4.78 is 56.0. The van der Waals surface area contributed by atoms with Gasteiger partial charge < -0.3 is 4.90 Å². The smallest absolute Gasteiger partial charge is 0.258 e. The van der Waals surface area contributed by atoms with Crippen LogP contribution >= 0.6 is 0 Å². The highest BCUT2D eigenvalue weighted by atomic mass is 32.2. The molecule has 0 bridgehead atoms. The van der Waals surface area contributed by atoms with Gasteiger partial charge in [-0.25, -0.2) is 17.2 Å². The highest BCUT2D eigenvalue weighted by Gasteiger charge is 2.33. The summed E-state index contributed by atoms with van der Waals surface area (Å²) >= 11 is 0. The molecule has 0 saturated carbocycles. The molecule has 2 aromatic carbocycles. The summed E-state index contributed by atoms with van der Waals surface area (Å²) in [5, 5.41) is 0. The maximum absolute atomic E-state index is 14.5. The standard InChI is InChI=1S/C23H26F2N2O3S/c1-15-9-16(2)14-26(13-15)31(29,30)20-7-3-5-18(11-20)23(28)27-8-4-6-17-10-19(24)12-21(25)22(17)27/h3,5,7,10-12,15-16H,4,6,8-9,13-14H2,1-2H3/t15-,16-/m1/s1. The molecule has 0 spiro atoms. The number of piperidine rings is 1. The van der Waals surface area contributed by atoms with Gasteiger partial charge in [0.25, 0.3) is 5.91 Å². The van der Waals surface area contributed by atoms with Crippen molar-refractivity contribution < 1.29 is 22.0 Å². The molecule has 166 valence electrons. The molecule has 5 nitrogen and oxygen atoms in total. The highest BCUT2D eigenvalue weighted by molar-refractivity contribution is 7.89. The number of carbonyl (C=O) groups excluding carboxylic acids is 1. The molecule has 1 saturated heterocycles. The molecular weight excluding hydrogens is 422 g/mol. The van der Waals surface area contributed by atoms with E-state index in [1.807, 2.05) is 13.8 Å². The van der Waals surface area contributed by atoms with Gasteiger partial charge in [-0.3, -0.25) is 4.79 Å². The summed E-state index contributed by atoms with van der Waals surface area (Å²) in [4.78, 5) is 14.6. The van der Waals surface area contributed by atoms with E-state index in [2.05, 4.69) is 0 Å². The van der Waals surface area contributed by atoms with E-state index in [0.717, 1.165) is 12.5 Å². The molecule has 0 aromatic heterocycles. The Morgan fingerprint density at radius 3 is 2.48 bits per heavy atom. The fourth-order valence-corrected chi connectivity index (χ4v) is 6.48. The summed E-state index contributed by atoms with van der Waals surface area (Å²) in [5.74, 6) is -1.44. The predicted octanol–water partition coefficient (Wildman–Crippen LogP) is 4.22. The minimum atomic E-state index is -3.75. The zero-order chi connectivity index (χ0) is 22.3. The van der Waals surface area contributed by atoms with Crippen molar-refractivity contribution in [2.45, 2.75) is 38.0 Å². The molecule has 0 radical (unpaired) electrons.